The van der Waals surface area contributed by atoms with Gasteiger partial charge in [-0.25, -0.2) is 0 Å². The highest BCUT2D eigenvalue weighted by molar-refractivity contribution is 5.99. The van der Waals surface area contributed by atoms with Gasteiger partial charge in [0.15, 0.2) is 0 Å². The maximum atomic E-state index is 12.9. The molecule has 2 unspecified atom stereocenters. The smallest absolute Gasteiger partial charge is 0.340 e. The molecule has 1 saturated heterocycles. The number of aliphatic imine (C=N–C) groups is 2. The molecule has 6 nitrogen and oxygen atoms in total. The zero-order valence-electron chi connectivity index (χ0n) is 15.4. The summed E-state index contributed by atoms with van der Waals surface area (Å²) < 4.78 is 38.6. The van der Waals surface area contributed by atoms with Crippen molar-refractivity contribution in [1.29, 1.82) is 0 Å². The van der Waals surface area contributed by atoms with Crippen LogP contribution in [0.4, 0.5) is 13.2 Å². The van der Waals surface area contributed by atoms with Crippen LogP contribution >= 0.6 is 0 Å². The number of carbonyl (C=O) groups is 1. The zero-order chi connectivity index (χ0) is 19.7. The third-order valence-corrected chi connectivity index (χ3v) is 4.23. The zero-order valence-corrected chi connectivity index (χ0v) is 15.4. The Labute approximate surface area is 152 Å². The minimum atomic E-state index is -4.53. The van der Waals surface area contributed by atoms with E-state index in [-0.39, 0.29) is 24.5 Å². The Morgan fingerprint density at radius 2 is 1.85 bits per heavy atom. The molecule has 2 N–H and O–H groups in total. The predicted molar refractivity (Wildman–Crippen MR) is 97.2 cm³/mol. The van der Waals surface area contributed by atoms with Crippen molar-refractivity contribution in [2.45, 2.75) is 38.9 Å². The number of carbonyl (C=O) groups excluding carboxylic acids is 1. The number of amides is 1. The summed E-state index contributed by atoms with van der Waals surface area (Å²) >= 11 is 0. The first kappa shape index (κ1) is 22.3. The fourth-order valence-corrected chi connectivity index (χ4v) is 2.59. The van der Waals surface area contributed by atoms with Gasteiger partial charge in [-0.3, -0.25) is 19.7 Å². The van der Waals surface area contributed by atoms with E-state index in [0.717, 1.165) is 25.1 Å². The second-order valence-electron chi connectivity index (χ2n) is 6.58. The molecule has 0 bridgehead atoms. The van der Waals surface area contributed by atoms with Gasteiger partial charge in [0, 0.05) is 44.3 Å². The fourth-order valence-electron chi connectivity index (χ4n) is 2.59. The molecule has 0 aromatic heterocycles. The van der Waals surface area contributed by atoms with E-state index in [1.54, 1.807) is 9.80 Å². The van der Waals surface area contributed by atoms with Gasteiger partial charge >= 0.3 is 6.18 Å². The van der Waals surface area contributed by atoms with Crippen molar-refractivity contribution in [3.05, 3.63) is 12.3 Å². The highest BCUT2D eigenvalue weighted by atomic mass is 19.4. The number of nitrogens with two attached hydrogens (primary N) is 1. The van der Waals surface area contributed by atoms with Crippen LogP contribution in [0, 0.1) is 5.92 Å². The van der Waals surface area contributed by atoms with Gasteiger partial charge in [0.1, 0.15) is 5.71 Å². The summed E-state index contributed by atoms with van der Waals surface area (Å²) in [7, 11) is 0. The van der Waals surface area contributed by atoms with E-state index in [0.29, 0.717) is 26.2 Å². The number of hydrogen-bond acceptors (Lipinski definition) is 5. The van der Waals surface area contributed by atoms with Crippen LogP contribution in [-0.4, -0.2) is 73.2 Å². The van der Waals surface area contributed by atoms with Gasteiger partial charge in [-0.2, -0.15) is 13.2 Å². The van der Waals surface area contributed by atoms with Crippen LogP contribution in [0.2, 0.25) is 0 Å². The summed E-state index contributed by atoms with van der Waals surface area (Å²) in [5.74, 6) is -0.0243. The monoisotopic (exact) mass is 375 g/mol. The van der Waals surface area contributed by atoms with E-state index in [1.807, 2.05) is 13.8 Å². The van der Waals surface area contributed by atoms with Crippen molar-refractivity contribution in [2.75, 3.05) is 32.8 Å². The van der Waals surface area contributed by atoms with Crippen LogP contribution in [0.3, 0.4) is 0 Å². The molecule has 0 aromatic carbocycles. The van der Waals surface area contributed by atoms with Crippen LogP contribution in [0.25, 0.3) is 0 Å². The second kappa shape index (κ2) is 10.4. The third-order valence-electron chi connectivity index (χ3n) is 4.23. The van der Waals surface area contributed by atoms with Crippen molar-refractivity contribution < 1.29 is 18.0 Å². The van der Waals surface area contributed by atoms with Gasteiger partial charge in [0.2, 0.25) is 5.91 Å². The minimum Gasteiger partial charge on any atom is -0.340 e. The Kier molecular flexibility index (Phi) is 8.94. The van der Waals surface area contributed by atoms with Crippen LogP contribution in [0.5, 0.6) is 0 Å². The number of allylic oxidation sites excluding steroid dienone is 1. The number of rotatable bonds is 8. The van der Waals surface area contributed by atoms with Gasteiger partial charge in [-0.1, -0.05) is 6.92 Å². The highest BCUT2D eigenvalue weighted by Gasteiger charge is 2.34. The van der Waals surface area contributed by atoms with Gasteiger partial charge in [0.25, 0.3) is 0 Å². The minimum absolute atomic E-state index is 0.0631. The standard InChI is InChI=1S/C17H28F3N5O/c1-13(4-5-14(2)21)16(26)25-10-8-24(9-11-25)12-23-15(6-7-22-3)17(18,19)20/h6-7,13-14H,3-5,8-12,21H2,1-2H3/b7-6-,23-15?. The van der Waals surface area contributed by atoms with Crippen molar-refractivity contribution in [3.63, 3.8) is 0 Å². The lowest BCUT2D eigenvalue weighted by Crippen LogP contribution is -2.50. The molecule has 1 aliphatic heterocycles. The SMILES string of the molecule is C=N/C=C\C(=NCN1CCN(C(=O)C(C)CCC(C)N)CC1)C(F)(F)F. The Bertz CT molecular complexity index is 523. The van der Waals surface area contributed by atoms with Crippen molar-refractivity contribution >= 4 is 18.3 Å². The van der Waals surface area contributed by atoms with Crippen LogP contribution in [0.1, 0.15) is 26.7 Å². The molecule has 0 radical (unpaired) electrons. The molecule has 0 saturated carbocycles. The van der Waals surface area contributed by atoms with E-state index >= 15 is 0 Å². The number of alkyl halides is 3. The lowest BCUT2D eigenvalue weighted by Gasteiger charge is -2.35. The maximum Gasteiger partial charge on any atom is 0.433 e. The van der Waals surface area contributed by atoms with E-state index in [4.69, 9.17) is 5.73 Å². The summed E-state index contributed by atoms with van der Waals surface area (Å²) in [4.78, 5) is 22.9. The van der Waals surface area contributed by atoms with Gasteiger partial charge < -0.3 is 10.6 Å². The molecule has 9 heteroatoms. The fraction of sp³-hybridized carbons (Fsp3) is 0.706. The number of halogens is 3. The topological polar surface area (TPSA) is 74.3 Å². The Hall–Kier alpha value is -1.74. The molecule has 0 spiro atoms. The summed E-state index contributed by atoms with van der Waals surface area (Å²) in [5.41, 5.74) is 4.73. The third kappa shape index (κ3) is 7.65. The Morgan fingerprint density at radius 3 is 2.35 bits per heavy atom. The van der Waals surface area contributed by atoms with Crippen LogP contribution < -0.4 is 5.73 Å². The first-order valence-electron chi connectivity index (χ1n) is 8.66. The molecule has 26 heavy (non-hydrogen) atoms. The number of piperazine rings is 1. The molecule has 1 amide bonds. The first-order valence-corrected chi connectivity index (χ1v) is 8.66. The van der Waals surface area contributed by atoms with Crippen molar-refractivity contribution in [2.24, 2.45) is 21.6 Å². The average molecular weight is 375 g/mol. The summed E-state index contributed by atoms with van der Waals surface area (Å²) in [6.07, 6.45) is -1.25. The van der Waals surface area contributed by atoms with Gasteiger partial charge in [0.05, 0.1) is 6.67 Å². The van der Waals surface area contributed by atoms with Crippen molar-refractivity contribution in [3.8, 4) is 0 Å². The molecule has 0 aliphatic carbocycles. The van der Waals surface area contributed by atoms with Crippen molar-refractivity contribution in [1.82, 2.24) is 9.80 Å². The number of hydrogen-bond donors (Lipinski definition) is 1. The Morgan fingerprint density at radius 1 is 1.23 bits per heavy atom. The lowest BCUT2D eigenvalue weighted by atomic mass is 10.0. The molecular weight excluding hydrogens is 347 g/mol. The Balaban J connectivity index is 2.52. The lowest BCUT2D eigenvalue weighted by molar-refractivity contribution is -0.137. The van der Waals surface area contributed by atoms with Crippen LogP contribution in [0.15, 0.2) is 22.3 Å². The van der Waals surface area contributed by atoms with Crippen LogP contribution in [-0.2, 0) is 4.79 Å². The largest absolute Gasteiger partial charge is 0.433 e. The molecule has 1 fully saturated rings. The van der Waals surface area contributed by atoms with E-state index < -0.39 is 11.9 Å². The summed E-state index contributed by atoms with van der Waals surface area (Å²) in [5, 5.41) is 0. The molecule has 1 aliphatic rings. The first-order chi connectivity index (χ1) is 12.1. The summed E-state index contributed by atoms with van der Waals surface area (Å²) in [6, 6.07) is 0.0631. The molecule has 2 atom stereocenters. The maximum absolute atomic E-state index is 12.9. The quantitative estimate of drug-likeness (QED) is 0.660. The highest BCUT2D eigenvalue weighted by Crippen LogP contribution is 2.19. The molecule has 148 valence electrons. The normalized spacial score (nSPS) is 19.6. The second-order valence-corrected chi connectivity index (χ2v) is 6.58. The summed E-state index contributed by atoms with van der Waals surface area (Å²) in [6.45, 7) is 8.79. The molecule has 1 rings (SSSR count). The van der Waals surface area contributed by atoms with E-state index in [1.165, 1.54) is 0 Å². The predicted octanol–water partition coefficient (Wildman–Crippen LogP) is 2.07. The van der Waals surface area contributed by atoms with E-state index in [2.05, 4.69) is 16.7 Å². The average Bonchev–Trinajstić information content (AvgIpc) is 2.58. The van der Waals surface area contributed by atoms with Gasteiger partial charge in [-0.05, 0) is 32.6 Å². The molecule has 0 aromatic rings. The van der Waals surface area contributed by atoms with E-state index in [9.17, 15) is 18.0 Å². The molecule has 1 heterocycles. The molecular formula is C17H28F3N5O. The number of nitrogens with zero attached hydrogens (tertiary/aromatic N) is 4. The van der Waals surface area contributed by atoms with Gasteiger partial charge in [-0.15, -0.1) is 0 Å².